The molecular weight excluding hydrogens is 453 g/mol. The van der Waals surface area contributed by atoms with Crippen molar-refractivity contribution in [3.05, 3.63) is 114 Å². The Hall–Kier alpha value is -4.58. The van der Waals surface area contributed by atoms with E-state index in [0.29, 0.717) is 5.69 Å². The van der Waals surface area contributed by atoms with Crippen molar-refractivity contribution in [2.24, 2.45) is 0 Å². The molecule has 178 valence electrons. The maximum Gasteiger partial charge on any atom is 0.337 e. The molecule has 3 aromatic carbocycles. The quantitative estimate of drug-likeness (QED) is 0.269. The number of carboxylic acid groups (broad SMARTS) is 1. The van der Waals surface area contributed by atoms with Crippen LogP contribution in [-0.4, -0.2) is 21.0 Å². The van der Waals surface area contributed by atoms with Gasteiger partial charge in [0, 0.05) is 40.6 Å². The molecule has 0 bridgehead atoms. The molecule has 0 aliphatic heterocycles. The van der Waals surface area contributed by atoms with Gasteiger partial charge in [-0.2, -0.15) is 0 Å². The number of carboxylic acids is 1. The minimum atomic E-state index is -0.985. The summed E-state index contributed by atoms with van der Waals surface area (Å²) in [5.74, 6) is -1.29. The van der Waals surface area contributed by atoms with Crippen molar-refractivity contribution in [2.45, 2.75) is 19.9 Å². The molecule has 5 rings (SSSR count). The number of benzene rings is 3. The molecule has 0 aliphatic carbocycles. The Balaban J connectivity index is 1.70. The first-order valence-electron chi connectivity index (χ1n) is 11.6. The molecule has 2 aromatic heterocycles. The largest absolute Gasteiger partial charge is 0.478 e. The van der Waals surface area contributed by atoms with E-state index in [4.69, 9.17) is 4.98 Å². The Morgan fingerprint density at radius 1 is 0.944 bits per heavy atom. The summed E-state index contributed by atoms with van der Waals surface area (Å²) in [5.41, 5.74) is 7.03. The summed E-state index contributed by atoms with van der Waals surface area (Å²) in [6.07, 6.45) is 3.45. The molecule has 2 N–H and O–H groups in total. The second-order valence-corrected chi connectivity index (χ2v) is 8.76. The minimum absolute atomic E-state index is 0.206. The smallest absolute Gasteiger partial charge is 0.337 e. The third-order valence-corrected chi connectivity index (χ3v) is 6.22. The Labute approximate surface area is 208 Å². The number of aromatic nitrogens is 2. The molecule has 5 nitrogen and oxygen atoms in total. The van der Waals surface area contributed by atoms with E-state index in [1.807, 2.05) is 38.1 Å². The van der Waals surface area contributed by atoms with Crippen molar-refractivity contribution in [1.29, 1.82) is 0 Å². The van der Waals surface area contributed by atoms with Gasteiger partial charge in [-0.05, 0) is 79.1 Å². The third-order valence-electron chi connectivity index (χ3n) is 6.22. The number of rotatable bonds is 6. The molecule has 0 saturated carbocycles. The van der Waals surface area contributed by atoms with E-state index in [9.17, 15) is 14.3 Å². The normalized spacial score (nSPS) is 11.9. The molecular formula is C30H24FN3O2. The third kappa shape index (κ3) is 4.53. The van der Waals surface area contributed by atoms with Crippen LogP contribution in [0.25, 0.3) is 33.3 Å². The van der Waals surface area contributed by atoms with Crippen molar-refractivity contribution >= 4 is 22.6 Å². The summed E-state index contributed by atoms with van der Waals surface area (Å²) >= 11 is 0. The summed E-state index contributed by atoms with van der Waals surface area (Å²) < 4.78 is 13.7. The summed E-state index contributed by atoms with van der Waals surface area (Å²) in [6.45, 7) is 4.02. The van der Waals surface area contributed by atoms with Gasteiger partial charge in [-0.25, -0.2) is 14.2 Å². The number of aromatic carboxylic acids is 1. The minimum Gasteiger partial charge on any atom is -0.478 e. The van der Waals surface area contributed by atoms with Crippen LogP contribution in [0.15, 0.2) is 91.3 Å². The second-order valence-electron chi connectivity index (χ2n) is 8.76. The summed E-state index contributed by atoms with van der Waals surface area (Å²) in [5, 5.41) is 13.9. The van der Waals surface area contributed by atoms with Crippen LogP contribution in [0.5, 0.6) is 0 Å². The van der Waals surface area contributed by atoms with Crippen LogP contribution in [0.4, 0.5) is 10.1 Å². The molecule has 0 amide bonds. The number of carbonyl (C=O) groups is 1. The summed E-state index contributed by atoms with van der Waals surface area (Å²) in [7, 11) is 0. The lowest BCUT2D eigenvalue weighted by atomic mass is 9.93. The van der Waals surface area contributed by atoms with Crippen molar-refractivity contribution in [1.82, 2.24) is 9.97 Å². The number of hydrogen-bond acceptors (Lipinski definition) is 4. The molecule has 5 aromatic rings. The fourth-order valence-corrected chi connectivity index (χ4v) is 4.49. The van der Waals surface area contributed by atoms with Gasteiger partial charge in [0.25, 0.3) is 0 Å². The Morgan fingerprint density at radius 3 is 2.39 bits per heavy atom. The molecule has 36 heavy (non-hydrogen) atoms. The maximum atomic E-state index is 13.7. The average Bonchev–Trinajstić information content (AvgIpc) is 2.88. The van der Waals surface area contributed by atoms with Crippen LogP contribution in [0.3, 0.4) is 0 Å². The van der Waals surface area contributed by atoms with E-state index in [0.717, 1.165) is 44.4 Å². The number of hydrogen-bond donors (Lipinski definition) is 2. The van der Waals surface area contributed by atoms with Gasteiger partial charge in [0.1, 0.15) is 5.82 Å². The fourth-order valence-electron chi connectivity index (χ4n) is 4.49. The monoisotopic (exact) mass is 477 g/mol. The van der Waals surface area contributed by atoms with Crippen LogP contribution >= 0.6 is 0 Å². The lowest BCUT2D eigenvalue weighted by Crippen LogP contribution is -2.11. The molecule has 1 atom stereocenters. The predicted molar refractivity (Wildman–Crippen MR) is 141 cm³/mol. The van der Waals surface area contributed by atoms with E-state index >= 15 is 0 Å². The number of pyridine rings is 2. The van der Waals surface area contributed by atoms with Crippen molar-refractivity contribution in [2.75, 3.05) is 5.32 Å². The molecule has 0 spiro atoms. The molecule has 0 fully saturated rings. The SMILES string of the molecule is Cc1cc(C(C)Nc2ccccc2C(=O)O)c2cc(-c3ccc(F)cc3)c(-c3ccncc3)nc2c1. The molecule has 0 saturated heterocycles. The average molecular weight is 478 g/mol. The first-order valence-corrected chi connectivity index (χ1v) is 11.6. The number of nitrogens with one attached hydrogen (secondary N) is 1. The predicted octanol–water partition coefficient (Wildman–Crippen LogP) is 7.28. The van der Waals surface area contributed by atoms with E-state index in [1.165, 1.54) is 12.1 Å². The van der Waals surface area contributed by atoms with Gasteiger partial charge in [0.05, 0.1) is 16.8 Å². The van der Waals surface area contributed by atoms with Crippen LogP contribution in [-0.2, 0) is 0 Å². The van der Waals surface area contributed by atoms with Gasteiger partial charge in [0.2, 0.25) is 0 Å². The number of nitrogens with zero attached hydrogens (tertiary/aromatic N) is 2. The highest BCUT2D eigenvalue weighted by Crippen LogP contribution is 2.37. The summed E-state index contributed by atoms with van der Waals surface area (Å²) in [4.78, 5) is 20.9. The number of aryl methyl sites for hydroxylation is 1. The standard InChI is InChI=1S/C30H24FN3O2/c1-18-15-24(19(2)33-27-6-4-3-5-23(27)30(35)36)26-17-25(20-7-9-22(31)10-8-20)29(34-28(26)16-18)21-11-13-32-14-12-21/h3-17,19,33H,1-2H3,(H,35,36). The van der Waals surface area contributed by atoms with Crippen LogP contribution in [0.1, 0.15) is 34.5 Å². The van der Waals surface area contributed by atoms with E-state index in [-0.39, 0.29) is 17.4 Å². The van der Waals surface area contributed by atoms with Gasteiger partial charge in [-0.3, -0.25) is 4.98 Å². The Bertz CT molecular complexity index is 1570. The zero-order valence-electron chi connectivity index (χ0n) is 19.9. The van der Waals surface area contributed by atoms with E-state index in [2.05, 4.69) is 22.4 Å². The maximum absolute atomic E-state index is 13.7. The van der Waals surface area contributed by atoms with Gasteiger partial charge in [0.15, 0.2) is 0 Å². The van der Waals surface area contributed by atoms with E-state index in [1.54, 1.807) is 42.7 Å². The van der Waals surface area contributed by atoms with Crippen molar-refractivity contribution < 1.29 is 14.3 Å². The highest BCUT2D eigenvalue weighted by atomic mass is 19.1. The van der Waals surface area contributed by atoms with Crippen LogP contribution in [0, 0.1) is 12.7 Å². The number of para-hydroxylation sites is 1. The van der Waals surface area contributed by atoms with Crippen molar-refractivity contribution in [3.8, 4) is 22.4 Å². The number of fused-ring (bicyclic) bond motifs is 1. The molecule has 0 radical (unpaired) electrons. The van der Waals surface area contributed by atoms with Crippen LogP contribution in [0.2, 0.25) is 0 Å². The lowest BCUT2D eigenvalue weighted by molar-refractivity contribution is 0.0698. The molecule has 2 heterocycles. The number of halogens is 1. The second kappa shape index (κ2) is 9.58. The Morgan fingerprint density at radius 2 is 1.67 bits per heavy atom. The molecule has 6 heteroatoms. The van der Waals surface area contributed by atoms with Gasteiger partial charge in [-0.1, -0.05) is 30.3 Å². The zero-order chi connectivity index (χ0) is 25.2. The number of anilines is 1. The van der Waals surface area contributed by atoms with Crippen molar-refractivity contribution in [3.63, 3.8) is 0 Å². The topological polar surface area (TPSA) is 75.1 Å². The van der Waals surface area contributed by atoms with Gasteiger partial charge >= 0.3 is 5.97 Å². The van der Waals surface area contributed by atoms with Gasteiger partial charge in [-0.15, -0.1) is 0 Å². The first-order chi connectivity index (χ1) is 17.4. The highest BCUT2D eigenvalue weighted by molar-refractivity contribution is 5.95. The zero-order valence-corrected chi connectivity index (χ0v) is 19.9. The van der Waals surface area contributed by atoms with Crippen LogP contribution < -0.4 is 5.32 Å². The van der Waals surface area contributed by atoms with E-state index < -0.39 is 5.97 Å². The fraction of sp³-hybridized carbons (Fsp3) is 0.100. The highest BCUT2D eigenvalue weighted by Gasteiger charge is 2.18. The first kappa shape index (κ1) is 23.2. The molecule has 0 aliphatic rings. The molecule has 1 unspecified atom stereocenters. The lowest BCUT2D eigenvalue weighted by Gasteiger charge is -2.21. The van der Waals surface area contributed by atoms with Gasteiger partial charge < -0.3 is 10.4 Å². The summed E-state index contributed by atoms with van der Waals surface area (Å²) in [6, 6.07) is 23.1. The Kier molecular flexibility index (Phi) is 6.17.